The lowest BCUT2D eigenvalue weighted by atomic mass is 10.1. The molecule has 10 heavy (non-hydrogen) atoms. The van der Waals surface area contributed by atoms with Crippen LogP contribution in [0.1, 0.15) is 18.5 Å². The van der Waals surface area contributed by atoms with Gasteiger partial charge in [-0.1, -0.05) is 23.7 Å². The Morgan fingerprint density at radius 1 is 1.50 bits per heavy atom. The van der Waals surface area contributed by atoms with Crippen LogP contribution in [0.2, 0.25) is 5.02 Å². The van der Waals surface area contributed by atoms with Crippen molar-refractivity contribution >= 4 is 11.6 Å². The molecule has 0 amide bonds. The lowest BCUT2D eigenvalue weighted by Crippen LogP contribution is -2.51. The highest BCUT2D eigenvalue weighted by atomic mass is 35.5. The zero-order valence-corrected chi connectivity index (χ0v) is 6.73. The minimum atomic E-state index is 0.318. The van der Waals surface area contributed by atoms with Crippen molar-refractivity contribution in [2.24, 2.45) is 0 Å². The largest absolute Gasteiger partial charge is 0.352 e. The number of halogens is 1. The second kappa shape index (κ2) is 3.04. The van der Waals surface area contributed by atoms with Gasteiger partial charge in [0.15, 0.2) is 0 Å². The van der Waals surface area contributed by atoms with Gasteiger partial charge in [-0.15, -0.1) is 0 Å². The van der Waals surface area contributed by atoms with Gasteiger partial charge < -0.3 is 5.73 Å². The van der Waals surface area contributed by atoms with Gasteiger partial charge >= 0.3 is 0 Å². The maximum Gasteiger partial charge on any atom is 0.107 e. The van der Waals surface area contributed by atoms with Crippen molar-refractivity contribution < 1.29 is 5.73 Å². The van der Waals surface area contributed by atoms with Crippen molar-refractivity contribution in [3.63, 3.8) is 0 Å². The molecule has 54 valence electrons. The van der Waals surface area contributed by atoms with Crippen molar-refractivity contribution in [1.82, 2.24) is 0 Å². The minimum Gasteiger partial charge on any atom is -0.352 e. The number of benzene rings is 1. The summed E-state index contributed by atoms with van der Waals surface area (Å²) in [6, 6.07) is 8.11. The third-order valence-electron chi connectivity index (χ3n) is 1.42. The highest BCUT2D eigenvalue weighted by Gasteiger charge is 2.00. The maximum atomic E-state index is 5.76. The zero-order valence-electron chi connectivity index (χ0n) is 5.97. The Bertz CT molecular complexity index is 220. The summed E-state index contributed by atoms with van der Waals surface area (Å²) in [5, 5.41) is 0.785. The highest BCUT2D eigenvalue weighted by Crippen LogP contribution is 2.13. The van der Waals surface area contributed by atoms with Crippen LogP contribution in [0.4, 0.5) is 0 Å². The van der Waals surface area contributed by atoms with Crippen LogP contribution in [-0.2, 0) is 0 Å². The summed E-state index contributed by atoms with van der Waals surface area (Å²) in [5.41, 5.74) is 5.08. The van der Waals surface area contributed by atoms with Gasteiger partial charge in [0.2, 0.25) is 0 Å². The van der Waals surface area contributed by atoms with Crippen molar-refractivity contribution in [2.45, 2.75) is 13.0 Å². The quantitative estimate of drug-likeness (QED) is 0.641. The fourth-order valence-electron chi connectivity index (χ4n) is 0.813. The van der Waals surface area contributed by atoms with Crippen LogP contribution in [0.25, 0.3) is 0 Å². The first-order chi connectivity index (χ1) is 4.70. The normalized spacial score (nSPS) is 13.1. The third kappa shape index (κ3) is 1.72. The van der Waals surface area contributed by atoms with Crippen molar-refractivity contribution in [1.29, 1.82) is 0 Å². The summed E-state index contributed by atoms with van der Waals surface area (Å²) < 4.78 is 0. The molecule has 0 aliphatic carbocycles. The first-order valence-electron chi connectivity index (χ1n) is 3.28. The predicted molar refractivity (Wildman–Crippen MR) is 42.8 cm³/mol. The van der Waals surface area contributed by atoms with Gasteiger partial charge in [-0.2, -0.15) is 0 Å². The van der Waals surface area contributed by atoms with Gasteiger partial charge in [-0.25, -0.2) is 0 Å². The molecule has 0 aliphatic heterocycles. The van der Waals surface area contributed by atoms with E-state index in [9.17, 15) is 0 Å². The zero-order chi connectivity index (χ0) is 7.56. The first-order valence-corrected chi connectivity index (χ1v) is 3.66. The summed E-state index contributed by atoms with van der Waals surface area (Å²) in [4.78, 5) is 0. The Labute approximate surface area is 65.8 Å². The van der Waals surface area contributed by atoms with Crippen LogP contribution >= 0.6 is 11.6 Å². The van der Waals surface area contributed by atoms with E-state index in [-0.39, 0.29) is 0 Å². The van der Waals surface area contributed by atoms with Gasteiger partial charge in [0.1, 0.15) is 6.04 Å². The van der Waals surface area contributed by atoms with Crippen LogP contribution in [0.3, 0.4) is 0 Å². The molecule has 1 atom stereocenters. The van der Waals surface area contributed by atoms with Crippen molar-refractivity contribution in [3.8, 4) is 0 Å². The molecule has 0 radical (unpaired) electrons. The van der Waals surface area contributed by atoms with Gasteiger partial charge in [0, 0.05) is 10.6 Å². The minimum absolute atomic E-state index is 0.318. The Morgan fingerprint density at radius 3 is 2.60 bits per heavy atom. The number of quaternary nitrogens is 1. The molecule has 0 spiro atoms. The molecule has 1 aromatic carbocycles. The number of hydrogen-bond acceptors (Lipinski definition) is 0. The van der Waals surface area contributed by atoms with Crippen molar-refractivity contribution in [2.75, 3.05) is 0 Å². The average molecular weight is 157 g/mol. The molecule has 0 aliphatic rings. The van der Waals surface area contributed by atoms with E-state index in [1.807, 2.05) is 31.2 Å². The van der Waals surface area contributed by atoms with Gasteiger partial charge in [0.25, 0.3) is 0 Å². The van der Waals surface area contributed by atoms with Crippen molar-refractivity contribution in [3.05, 3.63) is 34.9 Å². The van der Waals surface area contributed by atoms with Crippen LogP contribution < -0.4 is 5.73 Å². The molecule has 1 nitrogen and oxygen atoms in total. The molecule has 2 heteroatoms. The van der Waals surface area contributed by atoms with E-state index in [1.54, 1.807) is 0 Å². The lowest BCUT2D eigenvalue weighted by molar-refractivity contribution is -0.420. The fourth-order valence-corrected chi connectivity index (χ4v) is 1.01. The SMILES string of the molecule is CC([NH3+])c1cccc(Cl)c1. The molecule has 3 N–H and O–H groups in total. The smallest absolute Gasteiger partial charge is 0.107 e. The average Bonchev–Trinajstić information content (AvgIpc) is 1.88. The topological polar surface area (TPSA) is 27.6 Å². The second-order valence-electron chi connectivity index (χ2n) is 2.46. The molecular weight excluding hydrogens is 146 g/mol. The molecule has 0 aromatic heterocycles. The summed E-state index contributed by atoms with van der Waals surface area (Å²) in [5.74, 6) is 0. The van der Waals surface area contributed by atoms with Crippen LogP contribution in [-0.4, -0.2) is 0 Å². The second-order valence-corrected chi connectivity index (χ2v) is 2.89. The molecule has 1 aromatic rings. The fraction of sp³-hybridized carbons (Fsp3) is 0.250. The number of rotatable bonds is 1. The van der Waals surface area contributed by atoms with Gasteiger partial charge in [0.05, 0.1) is 0 Å². The number of hydrogen-bond donors (Lipinski definition) is 1. The molecular formula is C8H11ClN+. The summed E-state index contributed by atoms with van der Waals surface area (Å²) >= 11 is 5.76. The maximum absolute atomic E-state index is 5.76. The van der Waals surface area contributed by atoms with E-state index in [1.165, 1.54) is 5.56 Å². The Balaban J connectivity index is 2.96. The molecule has 1 rings (SSSR count). The molecule has 1 unspecified atom stereocenters. The standard InChI is InChI=1S/C8H10ClN/c1-6(10)7-3-2-4-8(9)5-7/h2-6H,10H2,1H3/p+1. The predicted octanol–water partition coefficient (Wildman–Crippen LogP) is 1.64. The Kier molecular flexibility index (Phi) is 2.30. The third-order valence-corrected chi connectivity index (χ3v) is 1.65. The molecule has 0 bridgehead atoms. The lowest BCUT2D eigenvalue weighted by Gasteiger charge is -2.00. The highest BCUT2D eigenvalue weighted by molar-refractivity contribution is 6.30. The molecule has 0 saturated heterocycles. The molecule has 0 saturated carbocycles. The Morgan fingerprint density at radius 2 is 2.20 bits per heavy atom. The summed E-state index contributed by atoms with van der Waals surface area (Å²) in [6.07, 6.45) is 0. The van der Waals surface area contributed by atoms with E-state index in [0.29, 0.717) is 6.04 Å². The molecule has 0 fully saturated rings. The van der Waals surface area contributed by atoms with E-state index in [0.717, 1.165) is 5.02 Å². The summed E-state index contributed by atoms with van der Waals surface area (Å²) in [6.45, 7) is 2.05. The van der Waals surface area contributed by atoms with Gasteiger partial charge in [-0.05, 0) is 19.1 Å². The monoisotopic (exact) mass is 156 g/mol. The Hall–Kier alpha value is -0.530. The van der Waals surface area contributed by atoms with Crippen LogP contribution in [0.15, 0.2) is 24.3 Å². The van der Waals surface area contributed by atoms with Crippen LogP contribution in [0, 0.1) is 0 Å². The van der Waals surface area contributed by atoms with E-state index in [2.05, 4.69) is 5.73 Å². The molecule has 0 heterocycles. The summed E-state index contributed by atoms with van der Waals surface area (Å²) in [7, 11) is 0. The van der Waals surface area contributed by atoms with Crippen LogP contribution in [0.5, 0.6) is 0 Å². The van der Waals surface area contributed by atoms with E-state index >= 15 is 0 Å². The van der Waals surface area contributed by atoms with E-state index < -0.39 is 0 Å². The first kappa shape index (κ1) is 7.58. The van der Waals surface area contributed by atoms with Gasteiger partial charge in [-0.3, -0.25) is 0 Å². The van der Waals surface area contributed by atoms with E-state index in [4.69, 9.17) is 11.6 Å².